The van der Waals surface area contributed by atoms with Crippen molar-refractivity contribution >= 4 is 11.9 Å². The van der Waals surface area contributed by atoms with E-state index in [-0.39, 0.29) is 43.8 Å². The Hall–Kier alpha value is -0.0600. The predicted molar refractivity (Wildman–Crippen MR) is 104 cm³/mol. The van der Waals surface area contributed by atoms with E-state index in [1.54, 1.807) is 0 Å². The molecule has 0 heterocycles. The van der Waals surface area contributed by atoms with E-state index in [0.717, 1.165) is 32.1 Å². The van der Waals surface area contributed by atoms with Crippen LogP contribution in [0.15, 0.2) is 0 Å². The van der Waals surface area contributed by atoms with Crippen LogP contribution in [0.25, 0.3) is 0 Å². The average molecular weight is 381 g/mol. The van der Waals surface area contributed by atoms with Crippen molar-refractivity contribution in [1.29, 1.82) is 0 Å². The number of unbranched alkanes of at least 4 members (excludes halogenated alkanes) is 12. The molecule has 5 heteroatoms. The Labute approximate surface area is 184 Å². The second-order valence-corrected chi connectivity index (χ2v) is 7.44. The van der Waals surface area contributed by atoms with Gasteiger partial charge in [-0.05, 0) is 12.8 Å². The van der Waals surface area contributed by atoms with Gasteiger partial charge in [-0.15, -0.1) is 0 Å². The van der Waals surface area contributed by atoms with Crippen LogP contribution in [0.5, 0.6) is 0 Å². The van der Waals surface area contributed by atoms with Crippen LogP contribution in [-0.2, 0) is 9.59 Å². The molecule has 2 N–H and O–H groups in total. The molecule has 0 aliphatic carbocycles. The summed E-state index contributed by atoms with van der Waals surface area (Å²) in [6.07, 6.45) is 15.9. The summed E-state index contributed by atoms with van der Waals surface area (Å²) in [5, 5.41) is 19.0. The fraction of sp³-hybridized carbons (Fsp3) is 0.905. The van der Waals surface area contributed by atoms with E-state index in [4.69, 9.17) is 0 Å². The maximum Gasteiger partial charge on any atom is 1.00 e. The second kappa shape index (κ2) is 18.3. The number of hydrogen-bond donors (Lipinski definition) is 2. The van der Waals surface area contributed by atoms with Gasteiger partial charge in [0, 0.05) is 0 Å². The summed E-state index contributed by atoms with van der Waals surface area (Å²) >= 11 is 0. The van der Waals surface area contributed by atoms with Gasteiger partial charge in [0.25, 0.3) is 0 Å². The summed E-state index contributed by atoms with van der Waals surface area (Å²) in [5.41, 5.74) is -1.58. The minimum Gasteiger partial charge on any atom is -1.00 e. The van der Waals surface area contributed by atoms with Crippen molar-refractivity contribution in [3.63, 3.8) is 0 Å². The van der Waals surface area contributed by atoms with Gasteiger partial charge < -0.3 is 11.6 Å². The molecule has 0 saturated heterocycles. The zero-order valence-electron chi connectivity index (χ0n) is 18.5. The fourth-order valence-corrected chi connectivity index (χ4v) is 3.41. The van der Waals surface area contributed by atoms with Crippen LogP contribution in [0, 0.1) is 5.41 Å². The van der Waals surface area contributed by atoms with Gasteiger partial charge in [-0.2, -0.15) is 0 Å². The van der Waals surface area contributed by atoms with Crippen molar-refractivity contribution in [2.75, 3.05) is 0 Å². The van der Waals surface area contributed by atoms with Gasteiger partial charge in [-0.1, -0.05) is 104 Å². The molecule has 0 aromatic carbocycles. The molecular formula is C21H41NaO4. The first-order chi connectivity index (χ1) is 12.0. The number of carboxylic acid groups (broad SMARTS) is 2. The van der Waals surface area contributed by atoms with E-state index in [2.05, 4.69) is 13.8 Å². The maximum absolute atomic E-state index is 11.6. The summed E-state index contributed by atoms with van der Waals surface area (Å²) < 4.78 is 0. The van der Waals surface area contributed by atoms with Gasteiger partial charge in [-0.3, -0.25) is 9.59 Å². The van der Waals surface area contributed by atoms with E-state index in [0.29, 0.717) is 12.8 Å². The molecule has 0 aromatic rings. The van der Waals surface area contributed by atoms with Gasteiger partial charge in [0.1, 0.15) is 0 Å². The summed E-state index contributed by atoms with van der Waals surface area (Å²) in [6.45, 7) is 4.31. The Morgan fingerprint density at radius 2 is 0.885 bits per heavy atom. The monoisotopic (exact) mass is 380 g/mol. The summed E-state index contributed by atoms with van der Waals surface area (Å²) in [5.74, 6) is -2.32. The number of rotatable bonds is 18. The van der Waals surface area contributed by atoms with E-state index >= 15 is 0 Å². The van der Waals surface area contributed by atoms with Crippen molar-refractivity contribution in [1.82, 2.24) is 0 Å². The quantitative estimate of drug-likeness (QED) is 0.217. The minimum atomic E-state index is -1.58. The topological polar surface area (TPSA) is 74.6 Å². The van der Waals surface area contributed by atoms with Gasteiger partial charge in [0.15, 0.2) is 5.41 Å². The van der Waals surface area contributed by atoms with E-state index < -0.39 is 17.4 Å². The molecule has 0 bridgehead atoms. The molecule has 0 unspecified atom stereocenters. The zero-order chi connectivity index (χ0) is 19.0. The standard InChI is InChI=1S/C21H40O4.Na.H/c1-3-5-7-9-10-11-12-13-14-16-18-21(19(22)23,20(24)25)17-15-8-6-4-2;;/h3-18H2,1-2H3,(H,22,23)(H,24,25);;/q;+1;-1. The fourth-order valence-electron chi connectivity index (χ4n) is 3.41. The smallest absolute Gasteiger partial charge is 1.00 e. The Bertz CT molecular complexity index is 350. The van der Waals surface area contributed by atoms with Gasteiger partial charge >= 0.3 is 41.5 Å². The molecule has 0 fully saturated rings. The Balaban J connectivity index is -0.00000288. The van der Waals surface area contributed by atoms with Crippen LogP contribution in [0.3, 0.4) is 0 Å². The minimum absolute atomic E-state index is 0. The van der Waals surface area contributed by atoms with Gasteiger partial charge in [0.2, 0.25) is 0 Å². The zero-order valence-corrected chi connectivity index (χ0v) is 19.5. The second-order valence-electron chi connectivity index (χ2n) is 7.44. The van der Waals surface area contributed by atoms with E-state index in [9.17, 15) is 19.8 Å². The molecule has 0 amide bonds. The molecular weight excluding hydrogens is 339 g/mol. The van der Waals surface area contributed by atoms with Gasteiger partial charge in [-0.25, -0.2) is 0 Å². The van der Waals surface area contributed by atoms with Crippen molar-refractivity contribution < 1.29 is 50.8 Å². The first-order valence-electron chi connectivity index (χ1n) is 10.5. The van der Waals surface area contributed by atoms with Crippen LogP contribution in [0.4, 0.5) is 0 Å². The van der Waals surface area contributed by atoms with Crippen molar-refractivity contribution in [2.45, 2.75) is 117 Å². The van der Waals surface area contributed by atoms with Crippen LogP contribution >= 0.6 is 0 Å². The number of aliphatic carboxylic acids is 2. The Kier molecular flexibility index (Phi) is 19.8. The SMILES string of the molecule is CCCCCCCCCCCCC(CCCCCC)(C(=O)O)C(=O)O.[H-].[Na+]. The van der Waals surface area contributed by atoms with Crippen LogP contribution in [-0.4, -0.2) is 22.2 Å². The van der Waals surface area contributed by atoms with Crippen molar-refractivity contribution in [3.05, 3.63) is 0 Å². The molecule has 4 nitrogen and oxygen atoms in total. The van der Waals surface area contributed by atoms with Crippen molar-refractivity contribution in [2.24, 2.45) is 5.41 Å². The van der Waals surface area contributed by atoms with E-state index in [1.807, 2.05) is 0 Å². The van der Waals surface area contributed by atoms with Crippen LogP contribution in [0.1, 0.15) is 118 Å². The first kappa shape index (κ1) is 28.2. The molecule has 26 heavy (non-hydrogen) atoms. The largest absolute Gasteiger partial charge is 1.00 e. The van der Waals surface area contributed by atoms with Crippen molar-refractivity contribution in [3.8, 4) is 0 Å². The summed E-state index contributed by atoms with van der Waals surface area (Å²) in [6, 6.07) is 0. The molecule has 0 aliphatic heterocycles. The number of hydrogen-bond acceptors (Lipinski definition) is 2. The summed E-state index contributed by atoms with van der Waals surface area (Å²) in [7, 11) is 0. The number of carboxylic acids is 2. The predicted octanol–water partition coefficient (Wildman–Crippen LogP) is 3.54. The number of carbonyl (C=O) groups is 2. The maximum atomic E-state index is 11.6. The summed E-state index contributed by atoms with van der Waals surface area (Å²) in [4.78, 5) is 23.3. The van der Waals surface area contributed by atoms with Crippen LogP contribution in [0.2, 0.25) is 0 Å². The third-order valence-electron chi connectivity index (χ3n) is 5.23. The normalized spacial score (nSPS) is 11.2. The Morgan fingerprint density at radius 1 is 0.615 bits per heavy atom. The first-order valence-corrected chi connectivity index (χ1v) is 10.5. The third-order valence-corrected chi connectivity index (χ3v) is 5.23. The third kappa shape index (κ3) is 12.3. The van der Waals surface area contributed by atoms with Gasteiger partial charge in [0.05, 0.1) is 0 Å². The molecule has 0 rings (SSSR count). The molecule has 0 radical (unpaired) electrons. The molecule has 0 aromatic heterocycles. The van der Waals surface area contributed by atoms with Crippen LogP contribution < -0.4 is 29.6 Å². The van der Waals surface area contributed by atoms with E-state index in [1.165, 1.54) is 44.9 Å². The molecule has 0 saturated carbocycles. The molecule has 150 valence electrons. The average Bonchev–Trinajstić information content (AvgIpc) is 2.57. The molecule has 0 atom stereocenters. The molecule has 0 aliphatic rings. The molecule has 0 spiro atoms. The Morgan fingerprint density at radius 3 is 1.19 bits per heavy atom.